The number of hydrogen-bond donors (Lipinski definition) is 1. The summed E-state index contributed by atoms with van der Waals surface area (Å²) in [7, 11) is 3.04. The van der Waals surface area contributed by atoms with Crippen LogP contribution in [0, 0.1) is 5.82 Å². The van der Waals surface area contributed by atoms with Gasteiger partial charge in [-0.25, -0.2) is 4.39 Å². The van der Waals surface area contributed by atoms with E-state index in [1.165, 1.54) is 29.0 Å². The van der Waals surface area contributed by atoms with E-state index in [1.54, 1.807) is 37.6 Å². The number of carbonyl (C=O) groups is 2. The van der Waals surface area contributed by atoms with Gasteiger partial charge in [0.25, 0.3) is 11.9 Å². The first-order chi connectivity index (χ1) is 13.3. The summed E-state index contributed by atoms with van der Waals surface area (Å²) in [6.07, 6.45) is -0.174. The number of imidazole rings is 1. The number of likely N-dealkylation sites (N-methyl/N-ethyl adjacent to an activating group) is 1. The number of aliphatic hydroxyl groups is 1. The second kappa shape index (κ2) is 9.32. The Hall–Kier alpha value is -2.94. The van der Waals surface area contributed by atoms with Crippen LogP contribution in [0.5, 0.6) is 6.01 Å². The molecule has 2 amide bonds. The fraction of sp³-hybridized carbons (Fsp3) is 0.421. The van der Waals surface area contributed by atoms with E-state index in [4.69, 9.17) is 4.74 Å². The van der Waals surface area contributed by atoms with E-state index in [0.717, 1.165) is 5.56 Å². The van der Waals surface area contributed by atoms with Gasteiger partial charge in [0.15, 0.2) is 11.5 Å². The lowest BCUT2D eigenvalue weighted by Crippen LogP contribution is -2.35. The van der Waals surface area contributed by atoms with Gasteiger partial charge in [-0.1, -0.05) is 12.1 Å². The molecule has 0 bridgehead atoms. The monoisotopic (exact) mass is 392 g/mol. The molecule has 152 valence electrons. The van der Waals surface area contributed by atoms with Gasteiger partial charge in [0.1, 0.15) is 5.82 Å². The molecule has 0 spiro atoms. The lowest BCUT2D eigenvalue weighted by atomic mass is 10.2. The number of benzene rings is 1. The van der Waals surface area contributed by atoms with Crippen molar-refractivity contribution in [3.8, 4) is 6.01 Å². The molecule has 8 nitrogen and oxygen atoms in total. The minimum atomic E-state index is -0.721. The first kappa shape index (κ1) is 21.4. The molecule has 0 fully saturated rings. The van der Waals surface area contributed by atoms with Crippen LogP contribution >= 0.6 is 0 Å². The van der Waals surface area contributed by atoms with E-state index in [9.17, 15) is 19.1 Å². The molecular formula is C19H25FN4O4. The number of aromatic nitrogens is 2. The maximum absolute atomic E-state index is 13.2. The first-order valence-electron chi connectivity index (χ1n) is 8.87. The fourth-order valence-electron chi connectivity index (χ4n) is 2.75. The van der Waals surface area contributed by atoms with E-state index >= 15 is 0 Å². The number of hydrogen-bond acceptors (Lipinski definition) is 5. The molecule has 28 heavy (non-hydrogen) atoms. The highest BCUT2D eigenvalue weighted by atomic mass is 19.1. The highest BCUT2D eigenvalue weighted by Gasteiger charge is 2.29. The number of carbonyl (C=O) groups excluding carboxylic acids is 2. The molecule has 1 aromatic heterocycles. The smallest absolute Gasteiger partial charge is 0.299 e. The van der Waals surface area contributed by atoms with Gasteiger partial charge < -0.3 is 19.6 Å². The standard InChI is InChI=1S/C19H25FN4O4/c1-5-28-19-21-17(23(4)12-25)16(18(27)22(3)10-13(2)26)24(19)11-14-6-8-15(20)9-7-14/h6-9,12-13,26H,5,10-11H2,1-4H3. The molecule has 2 aromatic rings. The van der Waals surface area contributed by atoms with Crippen LogP contribution in [0.4, 0.5) is 10.2 Å². The lowest BCUT2D eigenvalue weighted by Gasteiger charge is -2.21. The Balaban J connectivity index is 2.57. The molecule has 2 rings (SSSR count). The second-order valence-corrected chi connectivity index (χ2v) is 6.46. The average Bonchev–Trinajstić information content (AvgIpc) is 3.00. The number of rotatable bonds is 9. The third-order valence-corrected chi connectivity index (χ3v) is 4.02. The van der Waals surface area contributed by atoms with E-state index < -0.39 is 12.0 Å². The van der Waals surface area contributed by atoms with Crippen LogP contribution < -0.4 is 9.64 Å². The lowest BCUT2D eigenvalue weighted by molar-refractivity contribution is -0.107. The molecule has 9 heteroatoms. The normalized spacial score (nSPS) is 11.8. The number of anilines is 1. The average molecular weight is 392 g/mol. The SMILES string of the molecule is CCOc1nc(N(C)C=O)c(C(=O)N(C)CC(C)O)n1Cc1ccc(F)cc1. The van der Waals surface area contributed by atoms with Crippen molar-refractivity contribution in [3.05, 3.63) is 41.3 Å². The van der Waals surface area contributed by atoms with E-state index in [-0.39, 0.29) is 36.4 Å². The fourth-order valence-corrected chi connectivity index (χ4v) is 2.75. The Morgan fingerprint density at radius 3 is 2.54 bits per heavy atom. The van der Waals surface area contributed by atoms with Crippen LogP contribution in [0.2, 0.25) is 0 Å². The Bertz CT molecular complexity index is 820. The Morgan fingerprint density at radius 1 is 1.36 bits per heavy atom. The summed E-state index contributed by atoms with van der Waals surface area (Å²) >= 11 is 0. The van der Waals surface area contributed by atoms with Crippen molar-refractivity contribution in [2.45, 2.75) is 26.5 Å². The molecule has 0 aliphatic heterocycles. The highest BCUT2D eigenvalue weighted by molar-refractivity contribution is 5.99. The van der Waals surface area contributed by atoms with Crippen LogP contribution in [-0.2, 0) is 11.3 Å². The van der Waals surface area contributed by atoms with Gasteiger partial charge in [-0.05, 0) is 31.5 Å². The summed E-state index contributed by atoms with van der Waals surface area (Å²) in [5, 5.41) is 9.62. The molecule has 0 saturated carbocycles. The van der Waals surface area contributed by atoms with Gasteiger partial charge in [-0.2, -0.15) is 4.98 Å². The minimum Gasteiger partial charge on any atom is -0.465 e. The first-order valence-corrected chi connectivity index (χ1v) is 8.87. The van der Waals surface area contributed by atoms with Crippen molar-refractivity contribution in [1.82, 2.24) is 14.5 Å². The molecule has 0 saturated heterocycles. The summed E-state index contributed by atoms with van der Waals surface area (Å²) < 4.78 is 20.4. The van der Waals surface area contributed by atoms with Crippen molar-refractivity contribution >= 4 is 18.1 Å². The topological polar surface area (TPSA) is 87.9 Å². The van der Waals surface area contributed by atoms with Gasteiger partial charge in [-0.3, -0.25) is 14.2 Å². The quantitative estimate of drug-likeness (QED) is 0.654. The highest BCUT2D eigenvalue weighted by Crippen LogP contribution is 2.27. The van der Waals surface area contributed by atoms with E-state index in [2.05, 4.69) is 4.98 Å². The molecule has 1 unspecified atom stereocenters. The summed E-state index contributed by atoms with van der Waals surface area (Å²) in [4.78, 5) is 31.3. The number of nitrogens with zero attached hydrogens (tertiary/aromatic N) is 4. The predicted octanol–water partition coefficient (Wildman–Crippen LogP) is 1.51. The third-order valence-electron chi connectivity index (χ3n) is 4.02. The van der Waals surface area contributed by atoms with Crippen LogP contribution in [0.3, 0.4) is 0 Å². The van der Waals surface area contributed by atoms with Crippen LogP contribution in [0.1, 0.15) is 29.9 Å². The number of amides is 2. The minimum absolute atomic E-state index is 0.106. The third kappa shape index (κ3) is 4.86. The molecule has 0 aliphatic rings. The molecule has 1 heterocycles. The summed E-state index contributed by atoms with van der Waals surface area (Å²) in [6, 6.07) is 6.02. The predicted molar refractivity (Wildman–Crippen MR) is 102 cm³/mol. The number of halogens is 1. The zero-order valence-corrected chi connectivity index (χ0v) is 16.4. The van der Waals surface area contributed by atoms with Crippen molar-refractivity contribution in [2.75, 3.05) is 32.1 Å². The Morgan fingerprint density at radius 2 is 2.00 bits per heavy atom. The second-order valence-electron chi connectivity index (χ2n) is 6.46. The number of ether oxygens (including phenoxy) is 1. The molecular weight excluding hydrogens is 367 g/mol. The van der Waals surface area contributed by atoms with Gasteiger partial charge in [-0.15, -0.1) is 0 Å². The van der Waals surface area contributed by atoms with Crippen LogP contribution in [-0.4, -0.2) is 65.2 Å². The maximum Gasteiger partial charge on any atom is 0.299 e. The van der Waals surface area contributed by atoms with E-state index in [0.29, 0.717) is 13.0 Å². The van der Waals surface area contributed by atoms with Crippen molar-refractivity contribution in [3.63, 3.8) is 0 Å². The molecule has 1 atom stereocenters. The van der Waals surface area contributed by atoms with Crippen molar-refractivity contribution in [2.24, 2.45) is 0 Å². The summed E-state index contributed by atoms with van der Waals surface area (Å²) in [5.41, 5.74) is 0.873. The van der Waals surface area contributed by atoms with Crippen LogP contribution in [0.25, 0.3) is 0 Å². The zero-order chi connectivity index (χ0) is 20.8. The van der Waals surface area contributed by atoms with Gasteiger partial charge in [0.05, 0.1) is 19.3 Å². The van der Waals surface area contributed by atoms with Crippen LogP contribution in [0.15, 0.2) is 24.3 Å². The maximum atomic E-state index is 13.2. The molecule has 1 aromatic carbocycles. The van der Waals surface area contributed by atoms with Crippen molar-refractivity contribution in [1.29, 1.82) is 0 Å². The van der Waals surface area contributed by atoms with Gasteiger partial charge >= 0.3 is 0 Å². The number of aliphatic hydroxyl groups excluding tert-OH is 1. The van der Waals surface area contributed by atoms with E-state index in [1.807, 2.05) is 0 Å². The summed E-state index contributed by atoms with van der Waals surface area (Å²) in [6.45, 7) is 3.96. The molecule has 0 aliphatic carbocycles. The van der Waals surface area contributed by atoms with Crippen molar-refractivity contribution < 1.29 is 23.8 Å². The van der Waals surface area contributed by atoms with Gasteiger partial charge in [0.2, 0.25) is 6.41 Å². The molecule has 1 N–H and O–H groups in total. The van der Waals surface area contributed by atoms with Gasteiger partial charge in [0, 0.05) is 20.6 Å². The Labute approximate surface area is 163 Å². The summed E-state index contributed by atoms with van der Waals surface area (Å²) in [5.74, 6) is -0.651. The Kier molecular flexibility index (Phi) is 7.11. The largest absolute Gasteiger partial charge is 0.465 e. The molecule has 0 radical (unpaired) electrons. The zero-order valence-electron chi connectivity index (χ0n) is 16.4.